The lowest BCUT2D eigenvalue weighted by Gasteiger charge is -2.09. The van der Waals surface area contributed by atoms with E-state index in [1.165, 1.54) is 0 Å². The Hall–Kier alpha value is -2.69. The molecule has 5 heteroatoms. The third kappa shape index (κ3) is 2.48. The molecule has 0 aliphatic rings. The van der Waals surface area contributed by atoms with Crippen LogP contribution >= 0.6 is 0 Å². The molecule has 116 valence electrons. The zero-order valence-electron chi connectivity index (χ0n) is 13.2. The van der Waals surface area contributed by atoms with Gasteiger partial charge in [0.1, 0.15) is 0 Å². The number of benzene rings is 1. The first kappa shape index (κ1) is 13.9. The summed E-state index contributed by atoms with van der Waals surface area (Å²) in [4.78, 5) is 14.1. The van der Waals surface area contributed by atoms with Crippen molar-refractivity contribution in [3.05, 3.63) is 42.7 Å². The highest BCUT2D eigenvalue weighted by molar-refractivity contribution is 5.84. The van der Waals surface area contributed by atoms with Crippen LogP contribution in [0.15, 0.2) is 47.1 Å². The SMILES string of the molecule is CC(C)CCn1c(-c2ccco2)nc2nc3ccccc3nc21. The van der Waals surface area contributed by atoms with Crippen molar-refractivity contribution in [1.29, 1.82) is 0 Å². The summed E-state index contributed by atoms with van der Waals surface area (Å²) in [5, 5.41) is 0. The molecule has 0 radical (unpaired) electrons. The topological polar surface area (TPSA) is 56.7 Å². The Morgan fingerprint density at radius 1 is 1.00 bits per heavy atom. The Bertz CT molecular complexity index is 954. The van der Waals surface area contributed by atoms with Gasteiger partial charge >= 0.3 is 0 Å². The van der Waals surface area contributed by atoms with Gasteiger partial charge in [-0.05, 0) is 36.6 Å². The maximum atomic E-state index is 5.56. The minimum atomic E-state index is 0.602. The third-order valence-electron chi connectivity index (χ3n) is 3.93. The molecule has 1 aromatic carbocycles. The fraction of sp³-hybridized carbons (Fsp3) is 0.278. The molecule has 0 aliphatic carbocycles. The zero-order chi connectivity index (χ0) is 15.8. The molecule has 4 aromatic rings. The molecule has 4 rings (SSSR count). The van der Waals surface area contributed by atoms with Crippen LogP contribution in [0, 0.1) is 5.92 Å². The van der Waals surface area contributed by atoms with Gasteiger partial charge in [0.25, 0.3) is 0 Å². The smallest absolute Gasteiger partial charge is 0.198 e. The van der Waals surface area contributed by atoms with E-state index in [-0.39, 0.29) is 0 Å². The van der Waals surface area contributed by atoms with E-state index in [1.54, 1.807) is 6.26 Å². The Balaban J connectivity index is 1.95. The molecule has 3 heterocycles. The second-order valence-electron chi connectivity index (χ2n) is 6.11. The van der Waals surface area contributed by atoms with Gasteiger partial charge in [-0.25, -0.2) is 15.0 Å². The minimum Gasteiger partial charge on any atom is -0.461 e. The molecule has 0 saturated carbocycles. The second kappa shape index (κ2) is 5.50. The quantitative estimate of drug-likeness (QED) is 0.564. The molecule has 0 bridgehead atoms. The molecule has 23 heavy (non-hydrogen) atoms. The molecule has 0 amide bonds. The average Bonchev–Trinajstić information content (AvgIpc) is 3.18. The van der Waals surface area contributed by atoms with Gasteiger partial charge in [-0.15, -0.1) is 0 Å². The predicted octanol–water partition coefficient (Wildman–Crippen LogP) is 4.29. The molecule has 0 saturated heterocycles. The lowest BCUT2D eigenvalue weighted by Crippen LogP contribution is -2.04. The standard InChI is InChI=1S/C18H18N4O/c1-12(2)9-10-22-17(15-8-5-11-23-15)21-16-18(22)20-14-7-4-3-6-13(14)19-16/h3-8,11-12H,9-10H2,1-2H3. The first-order valence-corrected chi connectivity index (χ1v) is 7.89. The number of aryl methyl sites for hydroxylation is 1. The van der Waals surface area contributed by atoms with E-state index in [9.17, 15) is 0 Å². The van der Waals surface area contributed by atoms with E-state index in [4.69, 9.17) is 9.40 Å². The van der Waals surface area contributed by atoms with Crippen molar-refractivity contribution in [2.75, 3.05) is 0 Å². The summed E-state index contributed by atoms with van der Waals surface area (Å²) in [6, 6.07) is 11.7. The summed E-state index contributed by atoms with van der Waals surface area (Å²) >= 11 is 0. The number of imidazole rings is 1. The molecule has 0 aliphatic heterocycles. The number of furan rings is 1. The fourth-order valence-corrected chi connectivity index (χ4v) is 2.69. The number of fused-ring (bicyclic) bond motifs is 2. The highest BCUT2D eigenvalue weighted by Crippen LogP contribution is 2.25. The van der Waals surface area contributed by atoms with Gasteiger partial charge in [0, 0.05) is 6.54 Å². The summed E-state index contributed by atoms with van der Waals surface area (Å²) in [6.07, 6.45) is 2.71. The van der Waals surface area contributed by atoms with Crippen LogP contribution < -0.4 is 0 Å². The number of rotatable bonds is 4. The summed E-state index contributed by atoms with van der Waals surface area (Å²) in [5.74, 6) is 2.14. The fourth-order valence-electron chi connectivity index (χ4n) is 2.69. The van der Waals surface area contributed by atoms with Crippen LogP contribution in [0.3, 0.4) is 0 Å². The number of para-hydroxylation sites is 2. The third-order valence-corrected chi connectivity index (χ3v) is 3.93. The van der Waals surface area contributed by atoms with Crippen molar-refractivity contribution in [3.63, 3.8) is 0 Å². The molecule has 0 N–H and O–H groups in total. The van der Waals surface area contributed by atoms with Crippen LogP contribution in [0.5, 0.6) is 0 Å². The van der Waals surface area contributed by atoms with Crippen LogP contribution in [0.2, 0.25) is 0 Å². The first-order valence-electron chi connectivity index (χ1n) is 7.89. The molecule has 0 unspecified atom stereocenters. The van der Waals surface area contributed by atoms with Gasteiger partial charge in [-0.1, -0.05) is 26.0 Å². The zero-order valence-corrected chi connectivity index (χ0v) is 13.2. The van der Waals surface area contributed by atoms with Crippen LogP contribution in [0.25, 0.3) is 33.9 Å². The highest BCUT2D eigenvalue weighted by atomic mass is 16.3. The van der Waals surface area contributed by atoms with Crippen molar-refractivity contribution in [2.24, 2.45) is 5.92 Å². The van der Waals surface area contributed by atoms with Crippen LogP contribution in [-0.2, 0) is 6.54 Å². The van der Waals surface area contributed by atoms with Crippen LogP contribution in [-0.4, -0.2) is 19.5 Å². The highest BCUT2D eigenvalue weighted by Gasteiger charge is 2.17. The van der Waals surface area contributed by atoms with Gasteiger partial charge in [0.05, 0.1) is 17.3 Å². The molecule has 0 atom stereocenters. The molecular formula is C18H18N4O. The molecule has 0 fully saturated rings. The molecule has 0 spiro atoms. The van der Waals surface area contributed by atoms with Gasteiger partial charge in [0.15, 0.2) is 22.9 Å². The average molecular weight is 306 g/mol. The van der Waals surface area contributed by atoms with Crippen molar-refractivity contribution in [3.8, 4) is 11.6 Å². The first-order chi connectivity index (χ1) is 11.2. The van der Waals surface area contributed by atoms with E-state index in [2.05, 4.69) is 28.4 Å². The van der Waals surface area contributed by atoms with Gasteiger partial charge < -0.3 is 8.98 Å². The molecule has 3 aromatic heterocycles. The lowest BCUT2D eigenvalue weighted by molar-refractivity contribution is 0.515. The van der Waals surface area contributed by atoms with Crippen LogP contribution in [0.1, 0.15) is 20.3 Å². The number of hydrogen-bond acceptors (Lipinski definition) is 4. The van der Waals surface area contributed by atoms with E-state index >= 15 is 0 Å². The van der Waals surface area contributed by atoms with E-state index < -0.39 is 0 Å². The van der Waals surface area contributed by atoms with Crippen molar-refractivity contribution in [1.82, 2.24) is 19.5 Å². The maximum absolute atomic E-state index is 5.56. The van der Waals surface area contributed by atoms with Crippen molar-refractivity contribution < 1.29 is 4.42 Å². The van der Waals surface area contributed by atoms with Crippen molar-refractivity contribution >= 4 is 22.3 Å². The van der Waals surface area contributed by atoms with Gasteiger partial charge in [-0.3, -0.25) is 0 Å². The summed E-state index contributed by atoms with van der Waals surface area (Å²) in [6.45, 7) is 5.27. The van der Waals surface area contributed by atoms with Crippen LogP contribution in [0.4, 0.5) is 0 Å². The second-order valence-corrected chi connectivity index (χ2v) is 6.11. The minimum absolute atomic E-state index is 0.602. The Morgan fingerprint density at radius 2 is 1.78 bits per heavy atom. The summed E-state index contributed by atoms with van der Waals surface area (Å²) < 4.78 is 7.67. The van der Waals surface area contributed by atoms with Crippen molar-refractivity contribution in [2.45, 2.75) is 26.8 Å². The monoisotopic (exact) mass is 306 g/mol. The number of nitrogens with zero attached hydrogens (tertiary/aromatic N) is 4. The largest absolute Gasteiger partial charge is 0.461 e. The van der Waals surface area contributed by atoms with E-state index in [0.29, 0.717) is 11.6 Å². The maximum Gasteiger partial charge on any atom is 0.198 e. The predicted molar refractivity (Wildman–Crippen MR) is 90.0 cm³/mol. The Kier molecular flexibility index (Phi) is 3.33. The Morgan fingerprint density at radius 3 is 2.48 bits per heavy atom. The lowest BCUT2D eigenvalue weighted by atomic mass is 10.1. The van der Waals surface area contributed by atoms with Gasteiger partial charge in [0.2, 0.25) is 0 Å². The Labute approximate surface area is 134 Å². The molecule has 5 nitrogen and oxygen atoms in total. The number of hydrogen-bond donors (Lipinski definition) is 0. The normalized spacial score (nSPS) is 11.8. The summed E-state index contributed by atoms with van der Waals surface area (Å²) in [5.41, 5.74) is 3.23. The van der Waals surface area contributed by atoms with E-state index in [1.807, 2.05) is 36.4 Å². The molecular weight excluding hydrogens is 288 g/mol. The van der Waals surface area contributed by atoms with E-state index in [0.717, 1.165) is 41.2 Å². The van der Waals surface area contributed by atoms with Gasteiger partial charge in [-0.2, -0.15) is 0 Å². The number of aromatic nitrogens is 4. The summed E-state index contributed by atoms with van der Waals surface area (Å²) in [7, 11) is 0.